The number of hydrogen-bond acceptors (Lipinski definition) is 5. The highest BCUT2D eigenvalue weighted by Crippen LogP contribution is 2.36. The van der Waals surface area contributed by atoms with Gasteiger partial charge in [-0.1, -0.05) is 6.07 Å². The Labute approximate surface area is 195 Å². The van der Waals surface area contributed by atoms with Crippen LogP contribution in [0.15, 0.2) is 42.7 Å². The molecule has 4 rings (SSSR count). The van der Waals surface area contributed by atoms with Crippen LogP contribution in [0.4, 0.5) is 13.2 Å². The second-order valence-corrected chi connectivity index (χ2v) is 8.96. The Hall–Kier alpha value is -3.14. The van der Waals surface area contributed by atoms with E-state index in [-0.39, 0.29) is 29.8 Å². The van der Waals surface area contributed by atoms with E-state index in [1.807, 2.05) is 6.20 Å². The molecular formula is C24H27F3N4O3. The number of aromatic hydroxyl groups is 1. The normalized spacial score (nSPS) is 21.5. The van der Waals surface area contributed by atoms with Crippen LogP contribution in [-0.2, 0) is 11.0 Å². The summed E-state index contributed by atoms with van der Waals surface area (Å²) in [5, 5.41) is 14.9. The van der Waals surface area contributed by atoms with Crippen LogP contribution in [0.25, 0.3) is 0 Å². The van der Waals surface area contributed by atoms with Gasteiger partial charge in [-0.2, -0.15) is 13.2 Å². The van der Waals surface area contributed by atoms with Gasteiger partial charge in [-0.05, 0) is 61.4 Å². The number of nitrogens with zero attached hydrogens (tertiary/aromatic N) is 2. The first-order valence-electron chi connectivity index (χ1n) is 11.3. The fraction of sp³-hybridized carbons (Fsp3) is 0.458. The smallest absolute Gasteiger partial charge is 0.416 e. The van der Waals surface area contributed by atoms with E-state index in [9.17, 15) is 27.9 Å². The third-order valence-electron chi connectivity index (χ3n) is 6.57. The third-order valence-corrected chi connectivity index (χ3v) is 6.57. The van der Waals surface area contributed by atoms with Crippen molar-refractivity contribution in [2.75, 3.05) is 19.6 Å². The van der Waals surface area contributed by atoms with Gasteiger partial charge in [-0.15, -0.1) is 0 Å². The molecule has 1 aliphatic carbocycles. The molecule has 0 unspecified atom stereocenters. The third kappa shape index (κ3) is 5.85. The van der Waals surface area contributed by atoms with E-state index in [2.05, 4.69) is 20.5 Å². The van der Waals surface area contributed by atoms with Crippen LogP contribution in [0, 0.1) is 0 Å². The van der Waals surface area contributed by atoms with Crippen molar-refractivity contribution in [3.63, 3.8) is 0 Å². The predicted octanol–water partition coefficient (Wildman–Crippen LogP) is 3.06. The van der Waals surface area contributed by atoms with Gasteiger partial charge in [-0.25, -0.2) is 0 Å². The minimum atomic E-state index is -4.54. The van der Waals surface area contributed by atoms with Gasteiger partial charge in [0.2, 0.25) is 5.91 Å². The molecule has 0 radical (unpaired) electrons. The van der Waals surface area contributed by atoms with Crippen LogP contribution >= 0.6 is 0 Å². The maximum Gasteiger partial charge on any atom is 0.416 e. The van der Waals surface area contributed by atoms with Crippen molar-refractivity contribution in [2.45, 2.75) is 49.9 Å². The molecule has 1 aromatic carbocycles. The van der Waals surface area contributed by atoms with Crippen molar-refractivity contribution < 1.29 is 27.9 Å². The Bertz CT molecular complexity index is 1030. The van der Waals surface area contributed by atoms with E-state index in [1.54, 1.807) is 6.07 Å². The highest BCUT2D eigenvalue weighted by Gasteiger charge is 2.35. The number of rotatable bonds is 6. The lowest BCUT2D eigenvalue weighted by atomic mass is 9.81. The molecule has 3 N–H and O–H groups in total. The summed E-state index contributed by atoms with van der Waals surface area (Å²) >= 11 is 0. The Kier molecular flexibility index (Phi) is 7.06. The lowest BCUT2D eigenvalue weighted by Crippen LogP contribution is -2.63. The van der Waals surface area contributed by atoms with Crippen LogP contribution < -0.4 is 10.6 Å². The van der Waals surface area contributed by atoms with Gasteiger partial charge in [0.25, 0.3) is 5.91 Å². The Morgan fingerprint density at radius 1 is 1.09 bits per heavy atom. The molecule has 182 valence electrons. The number of carbonyl (C=O) groups is 2. The highest BCUT2D eigenvalue weighted by molar-refractivity contribution is 5.96. The summed E-state index contributed by atoms with van der Waals surface area (Å²) in [6.07, 6.45) is 2.81. The summed E-state index contributed by atoms with van der Waals surface area (Å²) in [5.74, 6) is -0.514. The number of halogens is 3. The van der Waals surface area contributed by atoms with E-state index in [4.69, 9.17) is 0 Å². The van der Waals surface area contributed by atoms with Crippen LogP contribution in [0.2, 0.25) is 0 Å². The van der Waals surface area contributed by atoms with Crippen LogP contribution in [0.5, 0.6) is 5.75 Å². The van der Waals surface area contributed by atoms with E-state index >= 15 is 0 Å². The average Bonchev–Trinajstić information content (AvgIpc) is 2.79. The second-order valence-electron chi connectivity index (χ2n) is 8.96. The topological polar surface area (TPSA) is 94.6 Å². The summed E-state index contributed by atoms with van der Waals surface area (Å²) in [6, 6.07) is 6.32. The summed E-state index contributed by atoms with van der Waals surface area (Å²) in [6.45, 7) is 1.17. The van der Waals surface area contributed by atoms with E-state index in [1.165, 1.54) is 12.3 Å². The quantitative estimate of drug-likeness (QED) is 0.596. The molecule has 7 nitrogen and oxygen atoms in total. The Balaban J connectivity index is 1.16. The van der Waals surface area contributed by atoms with Gasteiger partial charge in [-0.3, -0.25) is 19.5 Å². The van der Waals surface area contributed by atoms with Gasteiger partial charge in [0.1, 0.15) is 5.75 Å². The predicted molar refractivity (Wildman–Crippen MR) is 118 cm³/mol. The molecule has 2 aromatic rings. The molecule has 2 fully saturated rings. The summed E-state index contributed by atoms with van der Waals surface area (Å²) in [4.78, 5) is 30.7. The molecule has 2 amide bonds. The maximum atomic E-state index is 12.8. The number of likely N-dealkylation sites (tertiary alicyclic amines) is 1. The lowest BCUT2D eigenvalue weighted by molar-refractivity contribution is -0.137. The molecule has 1 aromatic heterocycles. The largest absolute Gasteiger partial charge is 0.506 e. The Morgan fingerprint density at radius 3 is 2.50 bits per heavy atom. The molecule has 2 heterocycles. The van der Waals surface area contributed by atoms with Gasteiger partial charge in [0.05, 0.1) is 24.3 Å². The molecule has 34 heavy (non-hydrogen) atoms. The van der Waals surface area contributed by atoms with Crippen molar-refractivity contribution >= 4 is 11.8 Å². The van der Waals surface area contributed by atoms with Gasteiger partial charge in [0, 0.05) is 30.9 Å². The number of pyridine rings is 1. The zero-order valence-electron chi connectivity index (χ0n) is 18.5. The monoisotopic (exact) mass is 476 g/mol. The zero-order valence-corrected chi connectivity index (χ0v) is 18.5. The first kappa shape index (κ1) is 24.0. The number of alkyl halides is 3. The molecule has 0 spiro atoms. The van der Waals surface area contributed by atoms with E-state index < -0.39 is 17.6 Å². The number of aromatic nitrogens is 1. The lowest BCUT2D eigenvalue weighted by Gasteiger charge is -2.46. The number of nitrogens with one attached hydrogen (secondary N) is 2. The second kappa shape index (κ2) is 10.0. The molecule has 1 aliphatic heterocycles. The first-order chi connectivity index (χ1) is 16.2. The van der Waals surface area contributed by atoms with Gasteiger partial charge in [0.15, 0.2) is 0 Å². The molecule has 0 bridgehead atoms. The number of benzene rings is 1. The minimum Gasteiger partial charge on any atom is -0.506 e. The standard InChI is InChI=1S/C24H27F3N4O3/c25-24(26,27)18-3-1-2-16(8-18)23(34)29-12-22(33)30-19-13-31(14-19)20-6-4-15(5-7-20)17-9-21(32)11-28-10-17/h1-3,8-11,15,19-20,32H,4-7,12-14H2,(H,29,34)(H,30,33)/t15-,20+. The van der Waals surface area contributed by atoms with Crippen molar-refractivity contribution in [1.82, 2.24) is 20.5 Å². The number of hydrogen-bond donors (Lipinski definition) is 3. The SMILES string of the molecule is O=C(CNC(=O)c1cccc(C(F)(F)F)c1)NC1CN([C@H]2CC[C@@H](c3cncc(O)c3)CC2)C1. The minimum absolute atomic E-state index is 0.00838. The van der Waals surface area contributed by atoms with Crippen molar-refractivity contribution in [1.29, 1.82) is 0 Å². The molecule has 1 saturated heterocycles. The number of carbonyl (C=O) groups excluding carboxylic acids is 2. The summed E-state index contributed by atoms with van der Waals surface area (Å²) in [5.41, 5.74) is 0.0145. The fourth-order valence-corrected chi connectivity index (χ4v) is 4.72. The first-order valence-corrected chi connectivity index (χ1v) is 11.3. The molecular weight excluding hydrogens is 449 g/mol. The number of amides is 2. The maximum absolute atomic E-state index is 12.8. The van der Waals surface area contributed by atoms with E-state index in [0.29, 0.717) is 12.0 Å². The average molecular weight is 476 g/mol. The zero-order chi connectivity index (χ0) is 24.3. The van der Waals surface area contributed by atoms with Crippen LogP contribution in [-0.4, -0.2) is 58.5 Å². The molecule has 2 aliphatic rings. The Morgan fingerprint density at radius 2 is 1.82 bits per heavy atom. The molecule has 10 heteroatoms. The highest BCUT2D eigenvalue weighted by atomic mass is 19.4. The van der Waals surface area contributed by atoms with Crippen molar-refractivity contribution in [2.24, 2.45) is 0 Å². The summed E-state index contributed by atoms with van der Waals surface area (Å²) in [7, 11) is 0. The van der Waals surface area contributed by atoms with Crippen LogP contribution in [0.1, 0.15) is 53.1 Å². The molecule has 0 atom stereocenters. The van der Waals surface area contributed by atoms with Crippen molar-refractivity contribution in [3.05, 3.63) is 59.4 Å². The fourth-order valence-electron chi connectivity index (χ4n) is 4.72. The van der Waals surface area contributed by atoms with Crippen molar-refractivity contribution in [3.8, 4) is 5.75 Å². The molecule has 1 saturated carbocycles. The van der Waals surface area contributed by atoms with Crippen LogP contribution in [0.3, 0.4) is 0 Å². The van der Waals surface area contributed by atoms with Gasteiger partial charge < -0.3 is 15.7 Å². The van der Waals surface area contributed by atoms with E-state index in [0.717, 1.165) is 62.5 Å². The van der Waals surface area contributed by atoms with Gasteiger partial charge >= 0.3 is 6.18 Å². The summed E-state index contributed by atoms with van der Waals surface area (Å²) < 4.78 is 38.4.